The number of rotatable bonds is 9. The maximum Gasteiger partial charge on any atom is 0.503 e. The highest BCUT2D eigenvalue weighted by Crippen LogP contribution is 2.49. The molecule has 12 rings (SSSR count). The van der Waals surface area contributed by atoms with Crippen molar-refractivity contribution in [1.82, 2.24) is 18.7 Å². The summed E-state index contributed by atoms with van der Waals surface area (Å²) in [6.45, 7) is 13.6. The third-order valence-electron chi connectivity index (χ3n) is 14.1. The molecule has 73 heavy (non-hydrogen) atoms. The molecule has 5 nitrogen and oxygen atoms in total. The second-order valence-electron chi connectivity index (χ2n) is 21.1. The average Bonchev–Trinajstić information content (AvgIpc) is 3.97. The Morgan fingerprint density at radius 1 is 0.411 bits per heavy atom. The summed E-state index contributed by atoms with van der Waals surface area (Å²) in [6, 6.07) is 84.0. The van der Waals surface area contributed by atoms with Gasteiger partial charge in [-0.05, 0) is 120 Å². The Morgan fingerprint density at radius 3 is 1.68 bits per heavy atom. The van der Waals surface area contributed by atoms with Gasteiger partial charge in [-0.15, -0.1) is 0 Å². The molecule has 0 radical (unpaired) electrons. The van der Waals surface area contributed by atoms with Crippen LogP contribution in [0.5, 0.6) is 11.5 Å². The standard InChI is InChI=1S/C68H56N4O/c1-67(2,3)51-27-16-26-50(40-51)58-32-19-33-62-66(58)71(65-56(47-22-12-8-13-23-47)30-18-31-57(65)48-24-14-9-15-25-48)45-70(62)53-28-17-29-54(43-53)73-55-35-36-59-60-41-49(46-20-10-7-11-21-46)34-37-61(60)72(63(59)44-55)64-42-52(38-39-69-64)68(4,5)6/h7-44H,1-6H3/q+2. The molecule has 11 aromatic rings. The van der Waals surface area contributed by atoms with Crippen LogP contribution in [0, 0.1) is 0 Å². The van der Waals surface area contributed by atoms with E-state index in [0.717, 1.165) is 89.5 Å². The monoisotopic (exact) mass is 944 g/mol. The molecule has 0 atom stereocenters. The van der Waals surface area contributed by atoms with Crippen molar-refractivity contribution in [3.05, 3.63) is 242 Å². The van der Waals surface area contributed by atoms with Crippen LogP contribution in [0.4, 0.5) is 22.7 Å². The van der Waals surface area contributed by atoms with E-state index < -0.39 is 0 Å². The molecular weight excluding hydrogens is 889 g/mol. The molecular formula is C68H56N4O+2. The molecule has 0 saturated heterocycles. The number of pyridine rings is 1. The Labute approximate surface area is 427 Å². The normalized spacial score (nSPS) is 12.5. The molecule has 0 N–H and O–H groups in total. The van der Waals surface area contributed by atoms with Gasteiger partial charge in [0.05, 0.1) is 33.8 Å². The molecule has 0 saturated carbocycles. The van der Waals surface area contributed by atoms with Crippen LogP contribution in [0.1, 0.15) is 52.7 Å². The number of hydrogen-bond acceptors (Lipinski definition) is 2. The minimum Gasteiger partial charge on any atom is -0.457 e. The molecule has 0 amide bonds. The van der Waals surface area contributed by atoms with Gasteiger partial charge in [0.15, 0.2) is 0 Å². The minimum absolute atomic E-state index is 0.0278. The largest absolute Gasteiger partial charge is 0.503 e. The molecule has 9 aromatic carbocycles. The predicted octanol–water partition coefficient (Wildman–Crippen LogP) is 18.1. The number of hydrogen-bond donors (Lipinski definition) is 0. The van der Waals surface area contributed by atoms with E-state index in [-0.39, 0.29) is 10.8 Å². The smallest absolute Gasteiger partial charge is 0.457 e. The number of benzene rings is 9. The molecule has 2 aromatic heterocycles. The van der Waals surface area contributed by atoms with Gasteiger partial charge in [-0.3, -0.25) is 4.57 Å². The zero-order chi connectivity index (χ0) is 49.8. The van der Waals surface area contributed by atoms with E-state index in [9.17, 15) is 0 Å². The van der Waals surface area contributed by atoms with Crippen molar-refractivity contribution in [2.75, 3.05) is 0 Å². The highest BCUT2D eigenvalue weighted by molar-refractivity contribution is 6.11. The maximum absolute atomic E-state index is 6.93. The SMILES string of the molecule is CC(C)(C)c1cccc(-c2cccc3c2[N+](c2c(-c4ccccc4)cccc2-c2ccccc2)=C=[N+]3c2cccc(Oc3ccc4c5cc(-c6ccccc6)ccc5n(-c5cc(C(C)(C)C)ccn5)c4c3)c2)c1. The van der Waals surface area contributed by atoms with Crippen LogP contribution in [-0.2, 0) is 10.8 Å². The Balaban J connectivity index is 1.03. The van der Waals surface area contributed by atoms with Gasteiger partial charge in [0, 0.05) is 35.2 Å². The van der Waals surface area contributed by atoms with Crippen molar-refractivity contribution in [2.24, 2.45) is 0 Å². The summed E-state index contributed by atoms with van der Waals surface area (Å²) < 4.78 is 13.7. The van der Waals surface area contributed by atoms with Gasteiger partial charge in [-0.1, -0.05) is 181 Å². The highest BCUT2D eigenvalue weighted by Gasteiger charge is 2.42. The van der Waals surface area contributed by atoms with E-state index in [1.165, 1.54) is 22.3 Å². The molecule has 0 bridgehead atoms. The fourth-order valence-corrected chi connectivity index (χ4v) is 10.3. The van der Waals surface area contributed by atoms with Crippen molar-refractivity contribution in [2.45, 2.75) is 52.4 Å². The molecule has 352 valence electrons. The molecule has 0 aliphatic carbocycles. The summed E-state index contributed by atoms with van der Waals surface area (Å²) in [5.74, 6) is 2.31. The lowest BCUT2D eigenvalue weighted by atomic mass is 9.85. The van der Waals surface area contributed by atoms with E-state index in [0.29, 0.717) is 5.75 Å². The summed E-state index contributed by atoms with van der Waals surface area (Å²) in [4.78, 5) is 4.98. The first-order valence-corrected chi connectivity index (χ1v) is 25.2. The lowest BCUT2D eigenvalue weighted by Gasteiger charge is -2.20. The predicted molar refractivity (Wildman–Crippen MR) is 305 cm³/mol. The Bertz CT molecular complexity index is 3920. The van der Waals surface area contributed by atoms with E-state index in [4.69, 9.17) is 9.72 Å². The third kappa shape index (κ3) is 8.44. The second-order valence-corrected chi connectivity index (χ2v) is 21.1. The van der Waals surface area contributed by atoms with Crippen LogP contribution < -0.4 is 13.9 Å². The van der Waals surface area contributed by atoms with E-state index >= 15 is 0 Å². The molecule has 5 heteroatoms. The lowest BCUT2D eigenvalue weighted by molar-refractivity contribution is 0.483. The van der Waals surface area contributed by atoms with Crippen LogP contribution in [0.25, 0.3) is 72.1 Å². The van der Waals surface area contributed by atoms with Crippen LogP contribution in [0.3, 0.4) is 0 Å². The fourth-order valence-electron chi connectivity index (χ4n) is 10.3. The van der Waals surface area contributed by atoms with Gasteiger partial charge in [0.1, 0.15) is 17.3 Å². The van der Waals surface area contributed by atoms with Crippen LogP contribution in [0.15, 0.2) is 231 Å². The van der Waals surface area contributed by atoms with Gasteiger partial charge in [-0.25, -0.2) is 4.98 Å². The first-order valence-electron chi connectivity index (χ1n) is 25.2. The van der Waals surface area contributed by atoms with Crippen LogP contribution >= 0.6 is 0 Å². The van der Waals surface area contributed by atoms with E-state index in [2.05, 4.69) is 280 Å². The van der Waals surface area contributed by atoms with E-state index in [1.807, 2.05) is 12.3 Å². The Morgan fingerprint density at radius 2 is 1.00 bits per heavy atom. The van der Waals surface area contributed by atoms with Gasteiger partial charge in [0.2, 0.25) is 11.4 Å². The zero-order valence-electron chi connectivity index (χ0n) is 42.1. The Kier molecular flexibility index (Phi) is 11.2. The number of para-hydroxylation sites is 2. The molecule has 3 heterocycles. The lowest BCUT2D eigenvalue weighted by Crippen LogP contribution is -2.12. The maximum atomic E-state index is 6.93. The molecule has 1 aliphatic rings. The van der Waals surface area contributed by atoms with Crippen molar-refractivity contribution in [3.8, 4) is 61.8 Å². The first-order chi connectivity index (χ1) is 35.5. The summed E-state index contributed by atoms with van der Waals surface area (Å²) in [7, 11) is 0. The number of nitrogens with zero attached hydrogens (tertiary/aromatic N) is 4. The summed E-state index contributed by atoms with van der Waals surface area (Å²) in [5.41, 5.74) is 17.7. The minimum atomic E-state index is -0.0493. The highest BCUT2D eigenvalue weighted by atomic mass is 16.5. The van der Waals surface area contributed by atoms with Crippen molar-refractivity contribution < 1.29 is 4.74 Å². The number of ether oxygens (including phenoxy) is 1. The van der Waals surface area contributed by atoms with Gasteiger partial charge < -0.3 is 4.74 Å². The van der Waals surface area contributed by atoms with Gasteiger partial charge >= 0.3 is 11.7 Å². The second kappa shape index (κ2) is 18.1. The molecule has 1 aliphatic heterocycles. The van der Waals surface area contributed by atoms with Crippen LogP contribution in [-0.4, -0.2) is 15.6 Å². The summed E-state index contributed by atoms with van der Waals surface area (Å²) in [5, 5.41) is 2.29. The average molecular weight is 945 g/mol. The fraction of sp³-hybridized carbons (Fsp3) is 0.118. The first kappa shape index (κ1) is 45.3. The molecule has 0 fully saturated rings. The summed E-state index contributed by atoms with van der Waals surface area (Å²) >= 11 is 0. The van der Waals surface area contributed by atoms with Crippen molar-refractivity contribution in [3.63, 3.8) is 0 Å². The number of aromatic nitrogens is 2. The number of fused-ring (bicyclic) bond motifs is 4. The summed E-state index contributed by atoms with van der Waals surface area (Å²) in [6.07, 6.45) is 1.93. The van der Waals surface area contributed by atoms with Gasteiger partial charge in [-0.2, -0.15) is 0 Å². The Hall–Kier alpha value is -8.89. The molecule has 0 spiro atoms. The molecule has 0 unspecified atom stereocenters. The van der Waals surface area contributed by atoms with E-state index in [1.54, 1.807) is 0 Å². The van der Waals surface area contributed by atoms with Crippen molar-refractivity contribution >= 4 is 50.6 Å². The van der Waals surface area contributed by atoms with Gasteiger partial charge in [0.25, 0.3) is 5.69 Å². The van der Waals surface area contributed by atoms with Crippen molar-refractivity contribution in [1.29, 1.82) is 0 Å². The topological polar surface area (TPSA) is 33.1 Å². The zero-order valence-corrected chi connectivity index (χ0v) is 42.1. The van der Waals surface area contributed by atoms with Crippen LogP contribution in [0.2, 0.25) is 0 Å². The quantitative estimate of drug-likeness (QED) is 0.135. The third-order valence-corrected chi connectivity index (χ3v) is 14.1.